The zero-order valence-corrected chi connectivity index (χ0v) is 34.4. The predicted molar refractivity (Wildman–Crippen MR) is 264 cm³/mol. The second-order valence-electron chi connectivity index (χ2n) is 16.2. The molecule has 0 bridgehead atoms. The van der Waals surface area contributed by atoms with Crippen LogP contribution in [0.5, 0.6) is 0 Å². The number of rotatable bonds is 7. The van der Waals surface area contributed by atoms with Crippen molar-refractivity contribution in [1.82, 2.24) is 14.5 Å². The highest BCUT2D eigenvalue weighted by atomic mass is 15.0. The van der Waals surface area contributed by atoms with Crippen molar-refractivity contribution in [2.24, 2.45) is 0 Å². The molecule has 0 unspecified atom stereocenters. The van der Waals surface area contributed by atoms with Crippen LogP contribution >= 0.6 is 0 Å². The van der Waals surface area contributed by atoms with Crippen molar-refractivity contribution in [3.8, 4) is 73.0 Å². The average Bonchev–Trinajstić information content (AvgIpc) is 3.70. The molecule has 0 N–H and O–H groups in total. The number of hydrogen-bond donors (Lipinski definition) is 0. The van der Waals surface area contributed by atoms with Crippen LogP contribution in [0.3, 0.4) is 0 Å². The van der Waals surface area contributed by atoms with Crippen LogP contribution in [0.4, 0.5) is 0 Å². The molecule has 0 radical (unpaired) electrons. The number of benzene rings is 10. The van der Waals surface area contributed by atoms with E-state index < -0.39 is 0 Å². The van der Waals surface area contributed by atoms with Crippen molar-refractivity contribution >= 4 is 43.4 Å². The summed E-state index contributed by atoms with van der Waals surface area (Å²) < 4.78 is 2.43. The van der Waals surface area contributed by atoms with Gasteiger partial charge >= 0.3 is 0 Å². The molecule has 0 aliphatic rings. The quantitative estimate of drug-likeness (QED) is 0.150. The van der Waals surface area contributed by atoms with Crippen LogP contribution < -0.4 is 0 Å². The fourth-order valence-corrected chi connectivity index (χ4v) is 9.35. The summed E-state index contributed by atoms with van der Waals surface area (Å²) in [6, 6.07) is 84.8. The van der Waals surface area contributed by atoms with Crippen molar-refractivity contribution in [2.45, 2.75) is 0 Å². The number of hydrogen-bond acceptors (Lipinski definition) is 2. The fraction of sp³-hybridized carbons (Fsp3) is 0. The molecule has 12 aromatic rings. The van der Waals surface area contributed by atoms with Gasteiger partial charge in [-0.2, -0.15) is 0 Å². The Morgan fingerprint density at radius 3 is 1.54 bits per heavy atom. The molecule has 0 spiro atoms. The van der Waals surface area contributed by atoms with Gasteiger partial charge < -0.3 is 4.57 Å². The number of nitrogens with zero attached hydrogens (tertiary/aromatic N) is 3. The van der Waals surface area contributed by atoms with Gasteiger partial charge in [-0.25, -0.2) is 9.97 Å². The van der Waals surface area contributed by atoms with Crippen molar-refractivity contribution in [2.75, 3.05) is 0 Å². The Labute approximate surface area is 365 Å². The highest BCUT2D eigenvalue weighted by molar-refractivity contribution is 6.14. The maximum atomic E-state index is 5.46. The smallest absolute Gasteiger partial charge is 0.160 e. The number of para-hydroxylation sites is 1. The van der Waals surface area contributed by atoms with Gasteiger partial charge in [-0.15, -0.1) is 0 Å². The minimum absolute atomic E-state index is 0.662. The Morgan fingerprint density at radius 2 is 0.794 bits per heavy atom. The molecule has 0 aliphatic carbocycles. The van der Waals surface area contributed by atoms with Crippen LogP contribution in [0.1, 0.15) is 0 Å². The summed E-state index contributed by atoms with van der Waals surface area (Å²) in [7, 11) is 0. The second-order valence-corrected chi connectivity index (χ2v) is 16.2. The molecule has 0 atom stereocenters. The summed E-state index contributed by atoms with van der Waals surface area (Å²) in [6.45, 7) is 0. The van der Waals surface area contributed by atoms with Crippen molar-refractivity contribution in [3.05, 3.63) is 237 Å². The molecule has 0 fully saturated rings. The number of aromatic nitrogens is 3. The van der Waals surface area contributed by atoms with Crippen molar-refractivity contribution in [1.29, 1.82) is 0 Å². The van der Waals surface area contributed by atoms with E-state index >= 15 is 0 Å². The lowest BCUT2D eigenvalue weighted by Crippen LogP contribution is -2.00. The van der Waals surface area contributed by atoms with E-state index in [-0.39, 0.29) is 0 Å². The summed E-state index contributed by atoms with van der Waals surface area (Å²) in [6.07, 6.45) is 0. The lowest BCUT2D eigenvalue weighted by atomic mass is 9.92. The first-order chi connectivity index (χ1) is 31.2. The third kappa shape index (κ3) is 6.55. The molecule has 10 aromatic carbocycles. The minimum Gasteiger partial charge on any atom is -0.309 e. The van der Waals surface area contributed by atoms with Gasteiger partial charge in [0, 0.05) is 33.2 Å². The Bertz CT molecular complexity index is 3660. The van der Waals surface area contributed by atoms with Crippen LogP contribution in [0.25, 0.3) is 116 Å². The molecule has 0 aliphatic heterocycles. The van der Waals surface area contributed by atoms with Gasteiger partial charge in [0.1, 0.15) is 0 Å². The van der Waals surface area contributed by atoms with Crippen molar-refractivity contribution < 1.29 is 0 Å². The van der Waals surface area contributed by atoms with Gasteiger partial charge in [-0.3, -0.25) is 0 Å². The Kier molecular flexibility index (Phi) is 8.83. The molecule has 2 aromatic heterocycles. The molecule has 12 rings (SSSR count). The van der Waals surface area contributed by atoms with Gasteiger partial charge in [-0.05, 0) is 103 Å². The second kappa shape index (κ2) is 15.3. The molecule has 63 heavy (non-hydrogen) atoms. The Morgan fingerprint density at radius 1 is 0.270 bits per heavy atom. The summed E-state index contributed by atoms with van der Waals surface area (Å²) in [5.41, 5.74) is 15.0. The summed E-state index contributed by atoms with van der Waals surface area (Å²) >= 11 is 0. The van der Waals surface area contributed by atoms with Gasteiger partial charge in [0.05, 0.1) is 22.4 Å². The van der Waals surface area contributed by atoms with E-state index in [1.54, 1.807) is 0 Å². The Hall–Kier alpha value is -8.40. The minimum atomic E-state index is 0.662. The van der Waals surface area contributed by atoms with Crippen LogP contribution in [-0.4, -0.2) is 14.5 Å². The monoisotopic (exact) mass is 801 g/mol. The number of fused-ring (bicyclic) bond motifs is 6. The lowest BCUT2D eigenvalue weighted by Gasteiger charge is -2.17. The van der Waals surface area contributed by atoms with Gasteiger partial charge in [0.25, 0.3) is 0 Å². The molecule has 3 nitrogen and oxygen atoms in total. The SMILES string of the molecule is c1ccc(-c2cccc(-c3cc(-c4ccccc4)nc(-c4cc(-c5cc6ccccc6c6ccccc56)cc(-n5c6ccccc6c6ccc(-c7ccccc7)cc65)c4)n3)c2)cc1. The largest absolute Gasteiger partial charge is 0.309 e. The van der Waals surface area contributed by atoms with E-state index in [1.807, 2.05) is 0 Å². The predicted octanol–water partition coefficient (Wildman–Crippen LogP) is 15.9. The Balaban J connectivity index is 1.15. The highest BCUT2D eigenvalue weighted by Gasteiger charge is 2.19. The van der Waals surface area contributed by atoms with Gasteiger partial charge in [0.15, 0.2) is 5.82 Å². The van der Waals surface area contributed by atoms with E-state index in [1.165, 1.54) is 49.0 Å². The molecule has 0 saturated carbocycles. The zero-order valence-electron chi connectivity index (χ0n) is 34.4. The molecule has 0 saturated heterocycles. The van der Waals surface area contributed by atoms with E-state index in [4.69, 9.17) is 9.97 Å². The van der Waals surface area contributed by atoms with E-state index in [0.29, 0.717) is 5.82 Å². The van der Waals surface area contributed by atoms with Crippen LogP contribution in [0, 0.1) is 0 Å². The third-order valence-corrected chi connectivity index (χ3v) is 12.4. The van der Waals surface area contributed by atoms with Gasteiger partial charge in [-0.1, -0.05) is 188 Å². The van der Waals surface area contributed by atoms with E-state index in [0.717, 1.165) is 61.5 Å². The van der Waals surface area contributed by atoms with E-state index in [2.05, 4.69) is 241 Å². The summed E-state index contributed by atoms with van der Waals surface area (Å²) in [4.78, 5) is 10.9. The standard InChI is InChI=1S/C60H39N3/c1-4-17-40(18-5-1)43-24-16-25-46(33-43)57-39-56(42-21-8-3-9-22-42)61-60(62-57)48-34-47(55-37-45-23-10-11-26-50(45)51-27-12-13-28-52(51)55)35-49(36-48)63-58-30-15-14-29-53(58)54-32-31-44(38-59(54)63)41-19-6-2-7-20-41/h1-39H. The normalized spacial score (nSPS) is 11.5. The third-order valence-electron chi connectivity index (χ3n) is 12.4. The first-order valence-corrected chi connectivity index (χ1v) is 21.5. The first kappa shape index (κ1) is 36.5. The molecule has 2 heterocycles. The van der Waals surface area contributed by atoms with Gasteiger partial charge in [0.2, 0.25) is 0 Å². The van der Waals surface area contributed by atoms with Crippen molar-refractivity contribution in [3.63, 3.8) is 0 Å². The summed E-state index contributed by atoms with van der Waals surface area (Å²) in [5.74, 6) is 0.662. The topological polar surface area (TPSA) is 30.7 Å². The van der Waals surface area contributed by atoms with Crippen LogP contribution in [-0.2, 0) is 0 Å². The van der Waals surface area contributed by atoms with Crippen LogP contribution in [0.2, 0.25) is 0 Å². The molecular weight excluding hydrogens is 763 g/mol. The lowest BCUT2D eigenvalue weighted by molar-refractivity contribution is 1.16. The maximum absolute atomic E-state index is 5.46. The first-order valence-electron chi connectivity index (χ1n) is 21.5. The average molecular weight is 802 g/mol. The fourth-order valence-electron chi connectivity index (χ4n) is 9.35. The van der Waals surface area contributed by atoms with E-state index in [9.17, 15) is 0 Å². The molecule has 3 heteroatoms. The maximum Gasteiger partial charge on any atom is 0.160 e. The highest BCUT2D eigenvalue weighted by Crippen LogP contribution is 2.41. The molecule has 294 valence electrons. The summed E-state index contributed by atoms with van der Waals surface area (Å²) in [5, 5.41) is 7.28. The van der Waals surface area contributed by atoms with Crippen LogP contribution in [0.15, 0.2) is 237 Å². The molecular formula is C60H39N3. The zero-order chi connectivity index (χ0) is 41.7. The molecule has 0 amide bonds.